The Morgan fingerprint density at radius 2 is 2.19 bits per heavy atom. The van der Waals surface area contributed by atoms with Gasteiger partial charge in [-0.3, -0.25) is 4.79 Å². The molecule has 0 fully saturated rings. The summed E-state index contributed by atoms with van der Waals surface area (Å²) in [5, 5.41) is 3.43. The van der Waals surface area contributed by atoms with Crippen LogP contribution in [0.15, 0.2) is 18.2 Å². The molecule has 0 radical (unpaired) electrons. The number of ether oxygens (including phenoxy) is 1. The van der Waals surface area contributed by atoms with Crippen LogP contribution < -0.4 is 10.1 Å². The Balaban J connectivity index is 2.48. The van der Waals surface area contributed by atoms with Gasteiger partial charge in [-0.1, -0.05) is 36.2 Å². The highest BCUT2D eigenvalue weighted by atomic mass is 35.5. The van der Waals surface area contributed by atoms with Crippen LogP contribution in [-0.2, 0) is 4.79 Å². The maximum atomic E-state index is 11.3. The Labute approximate surface area is 105 Å². The minimum absolute atomic E-state index is 0.0555. The number of amides is 1. The van der Waals surface area contributed by atoms with Crippen molar-refractivity contribution < 1.29 is 9.53 Å². The fourth-order valence-corrected chi connectivity index (χ4v) is 1.40. The van der Waals surface area contributed by atoms with E-state index in [1.165, 1.54) is 0 Å². The summed E-state index contributed by atoms with van der Waals surface area (Å²) in [6.45, 7) is 2.57. The van der Waals surface area contributed by atoms with E-state index < -0.39 is 0 Å². The van der Waals surface area contributed by atoms with Gasteiger partial charge in [-0.05, 0) is 18.6 Å². The zero-order chi connectivity index (χ0) is 12.0. The summed E-state index contributed by atoms with van der Waals surface area (Å²) < 4.78 is 5.25. The molecule has 0 aliphatic rings. The van der Waals surface area contributed by atoms with Gasteiger partial charge in [0, 0.05) is 6.54 Å². The van der Waals surface area contributed by atoms with E-state index in [1.807, 2.05) is 6.92 Å². The maximum absolute atomic E-state index is 11.3. The van der Waals surface area contributed by atoms with Crippen LogP contribution in [0.5, 0.6) is 5.75 Å². The predicted molar refractivity (Wildman–Crippen MR) is 65.3 cm³/mol. The fraction of sp³-hybridized carbons (Fsp3) is 0.364. The van der Waals surface area contributed by atoms with Crippen molar-refractivity contribution in [2.24, 2.45) is 0 Å². The quantitative estimate of drug-likeness (QED) is 0.886. The molecule has 1 aromatic rings. The molecule has 0 atom stereocenters. The van der Waals surface area contributed by atoms with Gasteiger partial charge in [-0.25, -0.2) is 0 Å². The van der Waals surface area contributed by atoms with E-state index in [0.717, 1.165) is 6.42 Å². The molecule has 1 rings (SSSR count). The summed E-state index contributed by atoms with van der Waals surface area (Å²) >= 11 is 11.7. The van der Waals surface area contributed by atoms with E-state index >= 15 is 0 Å². The van der Waals surface area contributed by atoms with Gasteiger partial charge in [0.1, 0.15) is 10.8 Å². The van der Waals surface area contributed by atoms with Gasteiger partial charge in [0.05, 0.1) is 5.02 Å². The van der Waals surface area contributed by atoms with Crippen molar-refractivity contribution in [1.82, 2.24) is 5.32 Å². The van der Waals surface area contributed by atoms with Crippen LogP contribution in [0.25, 0.3) is 0 Å². The summed E-state index contributed by atoms with van der Waals surface area (Å²) in [4.78, 5) is 11.3. The molecule has 0 unspecified atom stereocenters. The summed E-state index contributed by atoms with van der Waals surface area (Å²) in [7, 11) is 0. The van der Waals surface area contributed by atoms with E-state index in [-0.39, 0.29) is 12.5 Å². The average molecular weight is 262 g/mol. The third-order valence-corrected chi connectivity index (χ3v) is 2.65. The number of hydrogen-bond acceptors (Lipinski definition) is 2. The Hall–Kier alpha value is -0.930. The van der Waals surface area contributed by atoms with Gasteiger partial charge < -0.3 is 10.1 Å². The Bertz CT molecular complexity index is 369. The van der Waals surface area contributed by atoms with Crippen molar-refractivity contribution in [1.29, 1.82) is 0 Å². The third-order valence-electron chi connectivity index (χ3n) is 1.85. The molecule has 0 spiro atoms. The first-order chi connectivity index (χ1) is 7.65. The second kappa shape index (κ2) is 6.61. The zero-order valence-electron chi connectivity index (χ0n) is 8.93. The van der Waals surface area contributed by atoms with E-state index in [4.69, 9.17) is 27.9 Å². The van der Waals surface area contributed by atoms with Gasteiger partial charge in [0.25, 0.3) is 5.91 Å². The summed E-state index contributed by atoms with van der Waals surface area (Å²) in [6.07, 6.45) is 0.893. The molecule has 0 aromatic heterocycles. The largest absolute Gasteiger partial charge is 0.482 e. The number of nitrogens with one attached hydrogen (secondary N) is 1. The molecule has 88 valence electrons. The highest BCUT2D eigenvalue weighted by molar-refractivity contribution is 6.42. The normalized spacial score (nSPS) is 9.94. The summed E-state index contributed by atoms with van der Waals surface area (Å²) in [5.41, 5.74) is 0. The lowest BCUT2D eigenvalue weighted by molar-refractivity contribution is -0.123. The van der Waals surface area contributed by atoms with Crippen LogP contribution in [-0.4, -0.2) is 19.1 Å². The van der Waals surface area contributed by atoms with Crippen molar-refractivity contribution >= 4 is 29.1 Å². The molecule has 0 bridgehead atoms. The van der Waals surface area contributed by atoms with E-state index in [1.54, 1.807) is 18.2 Å². The summed E-state index contributed by atoms with van der Waals surface area (Å²) in [6, 6.07) is 5.04. The number of hydrogen-bond donors (Lipinski definition) is 1. The maximum Gasteiger partial charge on any atom is 0.257 e. The Kier molecular flexibility index (Phi) is 5.43. The Morgan fingerprint density at radius 3 is 2.88 bits per heavy atom. The van der Waals surface area contributed by atoms with Crippen LogP contribution >= 0.6 is 23.2 Å². The van der Waals surface area contributed by atoms with Gasteiger partial charge in [-0.2, -0.15) is 0 Å². The Morgan fingerprint density at radius 1 is 1.44 bits per heavy atom. The molecule has 5 heteroatoms. The molecule has 0 saturated carbocycles. The van der Waals surface area contributed by atoms with Gasteiger partial charge in [0.15, 0.2) is 6.61 Å². The van der Waals surface area contributed by atoms with Crippen LogP contribution in [0.2, 0.25) is 10.0 Å². The number of halogens is 2. The minimum Gasteiger partial charge on any atom is -0.482 e. The highest BCUT2D eigenvalue weighted by Gasteiger charge is 2.07. The van der Waals surface area contributed by atoms with E-state index in [0.29, 0.717) is 22.3 Å². The molecular weight excluding hydrogens is 249 g/mol. The molecule has 0 saturated heterocycles. The van der Waals surface area contributed by atoms with Crippen molar-refractivity contribution in [3.63, 3.8) is 0 Å². The van der Waals surface area contributed by atoms with Crippen molar-refractivity contribution in [2.75, 3.05) is 13.2 Å². The van der Waals surface area contributed by atoms with Crippen LogP contribution in [0.3, 0.4) is 0 Å². The first kappa shape index (κ1) is 13.1. The number of carbonyl (C=O) groups is 1. The third kappa shape index (κ3) is 3.91. The molecule has 1 N–H and O–H groups in total. The van der Waals surface area contributed by atoms with Gasteiger partial charge in [-0.15, -0.1) is 0 Å². The summed E-state index contributed by atoms with van der Waals surface area (Å²) in [5.74, 6) is 0.249. The number of carbonyl (C=O) groups excluding carboxylic acids is 1. The van der Waals surface area contributed by atoms with Crippen LogP contribution in [0, 0.1) is 0 Å². The molecule has 1 aromatic carbocycles. The molecule has 0 heterocycles. The molecular formula is C11H13Cl2NO2. The molecule has 0 aliphatic carbocycles. The smallest absolute Gasteiger partial charge is 0.257 e. The predicted octanol–water partition coefficient (Wildman–Crippen LogP) is 2.90. The van der Waals surface area contributed by atoms with Crippen LogP contribution in [0.1, 0.15) is 13.3 Å². The second-order valence-electron chi connectivity index (χ2n) is 3.19. The zero-order valence-corrected chi connectivity index (χ0v) is 10.4. The molecule has 0 aliphatic heterocycles. The molecule has 16 heavy (non-hydrogen) atoms. The second-order valence-corrected chi connectivity index (χ2v) is 3.98. The molecule has 1 amide bonds. The highest BCUT2D eigenvalue weighted by Crippen LogP contribution is 2.31. The van der Waals surface area contributed by atoms with Crippen molar-refractivity contribution in [3.8, 4) is 5.75 Å². The van der Waals surface area contributed by atoms with Gasteiger partial charge >= 0.3 is 0 Å². The lowest BCUT2D eigenvalue weighted by Crippen LogP contribution is -2.29. The molecule has 3 nitrogen and oxygen atoms in total. The lowest BCUT2D eigenvalue weighted by atomic mass is 10.3. The standard InChI is InChI=1S/C11H13Cl2NO2/c1-2-6-14-10(15)7-16-9-5-3-4-8(12)11(9)13/h3-5H,2,6-7H2,1H3,(H,14,15). The monoisotopic (exact) mass is 261 g/mol. The average Bonchev–Trinajstić information content (AvgIpc) is 2.28. The lowest BCUT2D eigenvalue weighted by Gasteiger charge is -2.08. The SMILES string of the molecule is CCCNC(=O)COc1cccc(Cl)c1Cl. The topological polar surface area (TPSA) is 38.3 Å². The first-order valence-electron chi connectivity index (χ1n) is 4.98. The van der Waals surface area contributed by atoms with Gasteiger partial charge in [0.2, 0.25) is 0 Å². The minimum atomic E-state index is -0.169. The van der Waals surface area contributed by atoms with Crippen molar-refractivity contribution in [3.05, 3.63) is 28.2 Å². The fourth-order valence-electron chi connectivity index (χ4n) is 1.05. The first-order valence-corrected chi connectivity index (χ1v) is 5.74. The number of benzene rings is 1. The van der Waals surface area contributed by atoms with Crippen molar-refractivity contribution in [2.45, 2.75) is 13.3 Å². The van der Waals surface area contributed by atoms with E-state index in [2.05, 4.69) is 5.32 Å². The van der Waals surface area contributed by atoms with Crippen LogP contribution in [0.4, 0.5) is 0 Å². The number of rotatable bonds is 5. The van der Waals surface area contributed by atoms with E-state index in [9.17, 15) is 4.79 Å².